The van der Waals surface area contributed by atoms with Crippen molar-refractivity contribution in [1.29, 1.82) is 5.26 Å². The first kappa shape index (κ1) is 25.8. The molecule has 1 aliphatic rings. The average Bonchev–Trinajstić information content (AvgIpc) is 2.87. The second-order valence-corrected chi connectivity index (χ2v) is 8.56. The first-order valence-electron chi connectivity index (χ1n) is 11.0. The Kier molecular flexibility index (Phi) is 8.92. The van der Waals surface area contributed by atoms with Crippen molar-refractivity contribution in [2.24, 2.45) is 10.9 Å². The van der Waals surface area contributed by atoms with E-state index in [-0.39, 0.29) is 11.7 Å². The molecular weight excluding hydrogens is 466 g/mol. The molecule has 0 aromatic heterocycles. The van der Waals surface area contributed by atoms with Gasteiger partial charge in [0, 0.05) is 22.9 Å². The molecule has 1 N–H and O–H groups in total. The lowest BCUT2D eigenvalue weighted by atomic mass is 9.78. The topological polar surface area (TPSA) is 110 Å². The van der Waals surface area contributed by atoms with Crippen LogP contribution in [-0.2, 0) is 14.3 Å². The maximum atomic E-state index is 12.7. The van der Waals surface area contributed by atoms with Crippen molar-refractivity contribution in [2.75, 3.05) is 31.9 Å². The fourth-order valence-electron chi connectivity index (χ4n) is 3.84. The van der Waals surface area contributed by atoms with Gasteiger partial charge in [-0.3, -0.25) is 4.79 Å². The van der Waals surface area contributed by atoms with Crippen LogP contribution in [0.3, 0.4) is 0 Å². The summed E-state index contributed by atoms with van der Waals surface area (Å²) in [4.78, 5) is 29.9. The summed E-state index contributed by atoms with van der Waals surface area (Å²) in [5.74, 6) is -0.932. The third-order valence-electron chi connectivity index (χ3n) is 5.40. The third kappa shape index (κ3) is 6.03. The van der Waals surface area contributed by atoms with Crippen LogP contribution >= 0.6 is 11.8 Å². The second-order valence-electron chi connectivity index (χ2n) is 7.56. The van der Waals surface area contributed by atoms with E-state index in [4.69, 9.17) is 14.2 Å². The summed E-state index contributed by atoms with van der Waals surface area (Å²) in [6.07, 6.45) is 0. The van der Waals surface area contributed by atoms with Gasteiger partial charge in [-0.05, 0) is 44.2 Å². The molecule has 2 atom stereocenters. The van der Waals surface area contributed by atoms with E-state index in [0.29, 0.717) is 45.7 Å². The number of carbonyl (C=O) groups excluding carboxylic acids is 2. The first-order valence-corrected chi connectivity index (χ1v) is 12.0. The van der Waals surface area contributed by atoms with E-state index in [1.54, 1.807) is 44.4 Å². The summed E-state index contributed by atoms with van der Waals surface area (Å²) >= 11 is 1.17. The van der Waals surface area contributed by atoms with Gasteiger partial charge in [0.15, 0.2) is 0 Å². The maximum Gasteiger partial charge on any atom is 0.336 e. The third-order valence-corrected chi connectivity index (χ3v) is 6.45. The molecule has 2 aromatic carbocycles. The molecule has 1 unspecified atom stereocenters. The predicted molar refractivity (Wildman–Crippen MR) is 136 cm³/mol. The Bertz CT molecular complexity index is 1180. The number of methoxy groups -OCH3 is 2. The van der Waals surface area contributed by atoms with Crippen LogP contribution < -0.4 is 14.8 Å². The molecule has 1 aliphatic heterocycles. The lowest BCUT2D eigenvalue weighted by Gasteiger charge is -2.30. The standard InChI is InChI=1S/C26H27N3O5S/c1-5-34-21-9-7-6-8-19(21)24-20(14-27)25(28-16(2)23(24)26(31)33-4)35-15-22(30)29-17-10-12-18(32-3)13-11-17/h6-13,20,24H,5,15H2,1-4H3,(H,29,30)/t20?,24-/m1/s1. The molecule has 1 heterocycles. The number of nitriles is 1. The molecule has 9 heteroatoms. The molecule has 35 heavy (non-hydrogen) atoms. The number of esters is 1. The van der Waals surface area contributed by atoms with E-state index >= 15 is 0 Å². The van der Waals surface area contributed by atoms with Crippen LogP contribution in [0.1, 0.15) is 25.3 Å². The van der Waals surface area contributed by atoms with Gasteiger partial charge in [-0.15, -0.1) is 0 Å². The number of rotatable bonds is 8. The van der Waals surface area contributed by atoms with Crippen molar-refractivity contribution >= 4 is 34.4 Å². The number of hydrogen-bond donors (Lipinski definition) is 1. The molecule has 8 nitrogen and oxygen atoms in total. The molecule has 2 aromatic rings. The normalized spacial score (nSPS) is 17.2. The minimum atomic E-state index is -0.798. The van der Waals surface area contributed by atoms with E-state index < -0.39 is 17.8 Å². The van der Waals surface area contributed by atoms with Gasteiger partial charge >= 0.3 is 5.97 Å². The van der Waals surface area contributed by atoms with E-state index in [1.807, 2.05) is 25.1 Å². The van der Waals surface area contributed by atoms with Gasteiger partial charge in [0.25, 0.3) is 0 Å². The van der Waals surface area contributed by atoms with Crippen LogP contribution in [0.15, 0.2) is 64.8 Å². The molecule has 3 rings (SSSR count). The summed E-state index contributed by atoms with van der Waals surface area (Å²) < 4.78 is 15.9. The van der Waals surface area contributed by atoms with E-state index in [0.717, 1.165) is 0 Å². The molecule has 0 spiro atoms. The van der Waals surface area contributed by atoms with Crippen molar-refractivity contribution in [1.82, 2.24) is 0 Å². The van der Waals surface area contributed by atoms with E-state index in [9.17, 15) is 14.9 Å². The zero-order chi connectivity index (χ0) is 25.4. The molecule has 0 saturated heterocycles. The highest BCUT2D eigenvalue weighted by Crippen LogP contribution is 2.44. The Morgan fingerprint density at radius 3 is 2.49 bits per heavy atom. The van der Waals surface area contributed by atoms with Crippen LogP contribution in [0.4, 0.5) is 5.69 Å². The zero-order valence-corrected chi connectivity index (χ0v) is 20.8. The number of anilines is 1. The smallest absolute Gasteiger partial charge is 0.336 e. The van der Waals surface area contributed by atoms with Crippen molar-refractivity contribution < 1.29 is 23.8 Å². The minimum Gasteiger partial charge on any atom is -0.497 e. The molecule has 0 saturated carbocycles. The highest BCUT2D eigenvalue weighted by molar-refractivity contribution is 8.14. The number of aliphatic imine (C=N–C) groups is 1. The van der Waals surface area contributed by atoms with Crippen molar-refractivity contribution in [3.8, 4) is 17.6 Å². The first-order chi connectivity index (χ1) is 16.9. The highest BCUT2D eigenvalue weighted by atomic mass is 32.2. The number of para-hydroxylation sites is 1. The molecule has 182 valence electrons. The Morgan fingerprint density at radius 1 is 1.14 bits per heavy atom. The van der Waals surface area contributed by atoms with Crippen molar-refractivity contribution in [3.05, 3.63) is 65.4 Å². The number of hydrogen-bond acceptors (Lipinski definition) is 8. The molecule has 0 fully saturated rings. The summed E-state index contributed by atoms with van der Waals surface area (Å²) in [7, 11) is 2.87. The zero-order valence-electron chi connectivity index (χ0n) is 20.0. The fraction of sp³-hybridized carbons (Fsp3) is 0.308. The number of benzene rings is 2. The van der Waals surface area contributed by atoms with Crippen LogP contribution in [0.25, 0.3) is 0 Å². The van der Waals surface area contributed by atoms with Crippen LogP contribution in [0.5, 0.6) is 11.5 Å². The SMILES string of the molecule is CCOc1ccccc1[C@H]1C(C(=O)OC)=C(C)N=C(SCC(=O)Nc2ccc(OC)cc2)C1C#N. The van der Waals surface area contributed by atoms with Gasteiger partial charge in [-0.2, -0.15) is 5.26 Å². The number of nitrogens with zero attached hydrogens (tertiary/aromatic N) is 2. The highest BCUT2D eigenvalue weighted by Gasteiger charge is 2.40. The van der Waals surface area contributed by atoms with E-state index in [1.165, 1.54) is 18.9 Å². The number of allylic oxidation sites excluding steroid dienone is 1. The van der Waals surface area contributed by atoms with Gasteiger partial charge in [0.05, 0.1) is 43.3 Å². The molecule has 1 amide bonds. The van der Waals surface area contributed by atoms with Gasteiger partial charge in [0.2, 0.25) is 5.91 Å². The number of amides is 1. The average molecular weight is 494 g/mol. The van der Waals surface area contributed by atoms with Gasteiger partial charge < -0.3 is 19.5 Å². The van der Waals surface area contributed by atoms with Crippen molar-refractivity contribution in [3.63, 3.8) is 0 Å². The van der Waals surface area contributed by atoms with Crippen LogP contribution in [-0.4, -0.2) is 43.5 Å². The van der Waals surface area contributed by atoms with Crippen LogP contribution in [0.2, 0.25) is 0 Å². The molecule has 0 bridgehead atoms. The quantitative estimate of drug-likeness (QED) is 0.537. The molecule has 0 radical (unpaired) electrons. The van der Waals surface area contributed by atoms with E-state index in [2.05, 4.69) is 16.4 Å². The monoisotopic (exact) mass is 493 g/mol. The summed E-state index contributed by atoms with van der Waals surface area (Å²) in [6.45, 7) is 4.00. The summed E-state index contributed by atoms with van der Waals surface area (Å²) in [5, 5.41) is 13.4. The summed E-state index contributed by atoms with van der Waals surface area (Å²) in [5.41, 5.74) is 2.07. The number of carbonyl (C=O) groups is 2. The Hall–Kier alpha value is -3.77. The largest absolute Gasteiger partial charge is 0.497 e. The molecular formula is C26H27N3O5S. The Balaban J connectivity index is 1.89. The maximum absolute atomic E-state index is 12.7. The minimum absolute atomic E-state index is 0.0453. The van der Waals surface area contributed by atoms with Crippen molar-refractivity contribution in [2.45, 2.75) is 19.8 Å². The predicted octanol–water partition coefficient (Wildman–Crippen LogP) is 4.55. The lowest BCUT2D eigenvalue weighted by molar-refractivity contribution is -0.136. The number of thioether (sulfide) groups is 1. The van der Waals surface area contributed by atoms with Gasteiger partial charge in [-0.25, -0.2) is 9.79 Å². The lowest BCUT2D eigenvalue weighted by Crippen LogP contribution is -2.30. The molecule has 0 aliphatic carbocycles. The number of nitrogens with one attached hydrogen (secondary N) is 1. The van der Waals surface area contributed by atoms with Crippen LogP contribution in [0, 0.1) is 17.2 Å². The summed E-state index contributed by atoms with van der Waals surface area (Å²) in [6, 6.07) is 16.6. The second kappa shape index (κ2) is 12.1. The Labute approximate surface area is 209 Å². The Morgan fingerprint density at radius 2 is 1.86 bits per heavy atom. The fourth-order valence-corrected chi connectivity index (χ4v) is 4.76. The van der Waals surface area contributed by atoms with Gasteiger partial charge in [-0.1, -0.05) is 30.0 Å². The van der Waals surface area contributed by atoms with Gasteiger partial charge in [0.1, 0.15) is 17.4 Å². The number of ether oxygens (including phenoxy) is 3.